The molecule has 0 radical (unpaired) electrons. The molecule has 2 rings (SSSR count). The van der Waals surface area contributed by atoms with Crippen molar-refractivity contribution in [3.8, 4) is 0 Å². The molecule has 0 aliphatic heterocycles. The fourth-order valence-electron chi connectivity index (χ4n) is 1.78. The van der Waals surface area contributed by atoms with Crippen LogP contribution in [-0.4, -0.2) is 17.4 Å². The molecule has 21 heavy (non-hydrogen) atoms. The number of nitrogens with zero attached hydrogens (tertiary/aromatic N) is 1. The predicted octanol–water partition coefficient (Wildman–Crippen LogP) is 3.24. The minimum absolute atomic E-state index is 0.109. The number of anilines is 1. The zero-order valence-corrected chi connectivity index (χ0v) is 12.2. The Morgan fingerprint density at radius 2 is 2.14 bits per heavy atom. The van der Waals surface area contributed by atoms with E-state index in [4.69, 9.17) is 11.6 Å². The normalized spacial score (nSPS) is 10.2. The lowest BCUT2D eigenvalue weighted by Gasteiger charge is -2.08. The monoisotopic (exact) mass is 307 g/mol. The Bertz CT molecular complexity index is 649. The Labute approximate surface area is 127 Å². The van der Waals surface area contributed by atoms with Gasteiger partial charge in [0.2, 0.25) is 0 Å². The molecule has 0 spiro atoms. The van der Waals surface area contributed by atoms with E-state index in [1.807, 2.05) is 6.92 Å². The van der Waals surface area contributed by atoms with Crippen LogP contribution in [0, 0.1) is 5.82 Å². The van der Waals surface area contributed by atoms with Gasteiger partial charge in [-0.2, -0.15) is 0 Å². The molecule has 0 saturated heterocycles. The first kappa shape index (κ1) is 15.3. The van der Waals surface area contributed by atoms with Gasteiger partial charge in [-0.3, -0.25) is 4.79 Å². The molecule has 2 aromatic rings. The number of hydrogen-bond donors (Lipinski definition) is 2. The van der Waals surface area contributed by atoms with Crippen molar-refractivity contribution >= 4 is 23.3 Å². The first-order valence-electron chi connectivity index (χ1n) is 6.53. The molecule has 0 aliphatic carbocycles. The van der Waals surface area contributed by atoms with Gasteiger partial charge in [0.25, 0.3) is 5.91 Å². The molecule has 6 heteroatoms. The van der Waals surface area contributed by atoms with E-state index >= 15 is 0 Å². The molecule has 0 aliphatic rings. The number of benzene rings is 1. The second-order valence-electron chi connectivity index (χ2n) is 4.36. The van der Waals surface area contributed by atoms with Crippen molar-refractivity contribution in [2.24, 2.45) is 0 Å². The van der Waals surface area contributed by atoms with Crippen LogP contribution >= 0.6 is 11.6 Å². The number of carbonyl (C=O) groups is 1. The Morgan fingerprint density at radius 3 is 2.81 bits per heavy atom. The summed E-state index contributed by atoms with van der Waals surface area (Å²) < 4.78 is 13.5. The van der Waals surface area contributed by atoms with Gasteiger partial charge in [-0.25, -0.2) is 9.37 Å². The van der Waals surface area contributed by atoms with E-state index in [-0.39, 0.29) is 18.3 Å². The second kappa shape index (κ2) is 7.04. The van der Waals surface area contributed by atoms with E-state index in [1.54, 1.807) is 18.2 Å². The number of pyridine rings is 1. The topological polar surface area (TPSA) is 54.0 Å². The van der Waals surface area contributed by atoms with Crippen molar-refractivity contribution in [2.75, 3.05) is 11.9 Å². The van der Waals surface area contributed by atoms with Crippen molar-refractivity contribution in [1.82, 2.24) is 10.3 Å². The average molecular weight is 308 g/mol. The molecule has 0 atom stereocenters. The summed E-state index contributed by atoms with van der Waals surface area (Å²) in [7, 11) is 0. The van der Waals surface area contributed by atoms with Crippen LogP contribution in [0.15, 0.2) is 36.5 Å². The van der Waals surface area contributed by atoms with Crippen molar-refractivity contribution in [3.05, 3.63) is 58.5 Å². The van der Waals surface area contributed by atoms with E-state index < -0.39 is 0 Å². The van der Waals surface area contributed by atoms with E-state index in [9.17, 15) is 9.18 Å². The summed E-state index contributed by atoms with van der Waals surface area (Å²) >= 11 is 6.03. The van der Waals surface area contributed by atoms with Gasteiger partial charge in [-0.05, 0) is 19.1 Å². The highest BCUT2D eigenvalue weighted by Gasteiger charge is 2.10. The maximum absolute atomic E-state index is 13.5. The molecule has 0 unspecified atom stereocenters. The van der Waals surface area contributed by atoms with E-state index in [0.717, 1.165) is 0 Å². The summed E-state index contributed by atoms with van der Waals surface area (Å²) in [5, 5.41) is 5.99. The van der Waals surface area contributed by atoms with Gasteiger partial charge >= 0.3 is 0 Å². The number of amides is 1. The summed E-state index contributed by atoms with van der Waals surface area (Å²) in [6.07, 6.45) is 1.43. The summed E-state index contributed by atoms with van der Waals surface area (Å²) in [6, 6.07) is 7.82. The third-order valence-electron chi connectivity index (χ3n) is 2.84. The average Bonchev–Trinajstić information content (AvgIpc) is 2.48. The minimum atomic E-state index is -0.351. The fraction of sp³-hybridized carbons (Fsp3) is 0.200. The lowest BCUT2D eigenvalue weighted by molar-refractivity contribution is 0.0950. The molecule has 2 N–H and O–H groups in total. The summed E-state index contributed by atoms with van der Waals surface area (Å²) in [5.74, 6) is -0.169. The minimum Gasteiger partial charge on any atom is -0.369 e. The molecular weight excluding hydrogens is 293 g/mol. The second-order valence-corrected chi connectivity index (χ2v) is 4.77. The molecule has 1 aromatic carbocycles. The van der Waals surface area contributed by atoms with Gasteiger partial charge in [-0.1, -0.05) is 29.8 Å². The molecule has 0 fully saturated rings. The maximum Gasteiger partial charge on any atom is 0.253 e. The van der Waals surface area contributed by atoms with Gasteiger partial charge in [0.05, 0.1) is 10.6 Å². The summed E-state index contributed by atoms with van der Waals surface area (Å²) in [5.41, 5.74) is 0.757. The first-order chi connectivity index (χ1) is 10.1. The van der Waals surface area contributed by atoms with Gasteiger partial charge in [-0.15, -0.1) is 0 Å². The van der Waals surface area contributed by atoms with Gasteiger partial charge in [0.1, 0.15) is 11.6 Å². The number of nitrogens with one attached hydrogen (secondary N) is 2. The number of hydrogen-bond acceptors (Lipinski definition) is 3. The first-order valence-corrected chi connectivity index (χ1v) is 6.90. The quantitative estimate of drug-likeness (QED) is 0.891. The standard InChI is InChI=1S/C15H15ClFN3O/c1-2-18-14-12(16)7-11(9-19-14)15(21)20-8-10-5-3-4-6-13(10)17/h3-7,9H,2,8H2,1H3,(H,18,19)(H,20,21). The number of halogens is 2. The predicted molar refractivity (Wildman–Crippen MR) is 81.0 cm³/mol. The lowest BCUT2D eigenvalue weighted by atomic mass is 10.2. The number of rotatable bonds is 5. The summed E-state index contributed by atoms with van der Waals surface area (Å²) in [4.78, 5) is 16.1. The molecule has 0 bridgehead atoms. The highest BCUT2D eigenvalue weighted by Crippen LogP contribution is 2.19. The highest BCUT2D eigenvalue weighted by molar-refractivity contribution is 6.33. The zero-order valence-electron chi connectivity index (χ0n) is 11.5. The smallest absolute Gasteiger partial charge is 0.253 e. The van der Waals surface area contributed by atoms with Crippen LogP contribution in [0.1, 0.15) is 22.8 Å². The van der Waals surface area contributed by atoms with Crippen LogP contribution in [0.5, 0.6) is 0 Å². The molecule has 110 valence electrons. The summed E-state index contributed by atoms with van der Waals surface area (Å²) in [6.45, 7) is 2.72. The van der Waals surface area contributed by atoms with Crippen LogP contribution < -0.4 is 10.6 Å². The van der Waals surface area contributed by atoms with E-state index in [1.165, 1.54) is 18.3 Å². The molecular formula is C15H15ClFN3O. The molecule has 1 aromatic heterocycles. The van der Waals surface area contributed by atoms with Crippen LogP contribution in [0.4, 0.5) is 10.2 Å². The van der Waals surface area contributed by atoms with Gasteiger partial charge in [0.15, 0.2) is 0 Å². The van der Waals surface area contributed by atoms with E-state index in [2.05, 4.69) is 15.6 Å². The Balaban J connectivity index is 2.04. The van der Waals surface area contributed by atoms with Crippen molar-refractivity contribution in [2.45, 2.75) is 13.5 Å². The molecule has 4 nitrogen and oxygen atoms in total. The highest BCUT2D eigenvalue weighted by atomic mass is 35.5. The van der Waals surface area contributed by atoms with Crippen LogP contribution in [0.2, 0.25) is 5.02 Å². The SMILES string of the molecule is CCNc1ncc(C(=O)NCc2ccccc2F)cc1Cl. The van der Waals surface area contributed by atoms with Crippen molar-refractivity contribution < 1.29 is 9.18 Å². The number of aromatic nitrogens is 1. The Morgan fingerprint density at radius 1 is 1.38 bits per heavy atom. The maximum atomic E-state index is 13.5. The van der Waals surface area contributed by atoms with Crippen LogP contribution in [-0.2, 0) is 6.54 Å². The van der Waals surface area contributed by atoms with Crippen LogP contribution in [0.25, 0.3) is 0 Å². The zero-order chi connectivity index (χ0) is 15.2. The largest absolute Gasteiger partial charge is 0.369 e. The van der Waals surface area contributed by atoms with Crippen LogP contribution in [0.3, 0.4) is 0 Å². The van der Waals surface area contributed by atoms with Gasteiger partial charge in [0, 0.05) is 24.8 Å². The van der Waals surface area contributed by atoms with E-state index in [0.29, 0.717) is 28.5 Å². The van der Waals surface area contributed by atoms with Crippen molar-refractivity contribution in [1.29, 1.82) is 0 Å². The fourth-order valence-corrected chi connectivity index (χ4v) is 2.01. The lowest BCUT2D eigenvalue weighted by Crippen LogP contribution is -2.23. The molecule has 1 amide bonds. The third-order valence-corrected chi connectivity index (χ3v) is 3.13. The Kier molecular flexibility index (Phi) is 5.11. The van der Waals surface area contributed by atoms with Gasteiger partial charge < -0.3 is 10.6 Å². The third kappa shape index (κ3) is 3.92. The van der Waals surface area contributed by atoms with Crippen molar-refractivity contribution in [3.63, 3.8) is 0 Å². The molecule has 0 saturated carbocycles. The number of carbonyl (C=O) groups excluding carboxylic acids is 1. The Hall–Kier alpha value is -2.14. The molecule has 1 heterocycles.